The molecule has 1 aliphatic rings. The van der Waals surface area contributed by atoms with Gasteiger partial charge in [0, 0.05) is 12.2 Å². The normalized spacial score (nSPS) is 17.6. The number of phenols is 1. The maximum atomic E-state index is 12.3. The molecule has 1 aliphatic heterocycles. The average molecular weight is 355 g/mol. The van der Waals surface area contributed by atoms with Crippen LogP contribution in [-0.2, 0) is 9.53 Å². The highest BCUT2D eigenvalue weighted by Crippen LogP contribution is 2.39. The first-order valence-electron chi connectivity index (χ1n) is 7.29. The van der Waals surface area contributed by atoms with E-state index in [4.69, 9.17) is 21.1 Å². The number of aromatic hydroxyl groups is 1. The molecule has 0 saturated heterocycles. The Balaban J connectivity index is 2.63. The Bertz CT molecular complexity index is 717. The quantitative estimate of drug-likeness (QED) is 0.811. The summed E-state index contributed by atoms with van der Waals surface area (Å²) in [7, 11) is 2.66. The number of phenolic OH excluding ortho intramolecular Hbond substituents is 1. The van der Waals surface area contributed by atoms with Crippen LogP contribution in [0, 0.1) is 0 Å². The molecule has 0 aromatic heterocycles. The van der Waals surface area contributed by atoms with Crippen molar-refractivity contribution in [3.8, 4) is 11.5 Å². The first-order chi connectivity index (χ1) is 11.3. The van der Waals surface area contributed by atoms with Crippen molar-refractivity contribution in [3.05, 3.63) is 34.0 Å². The molecule has 1 aromatic carbocycles. The van der Waals surface area contributed by atoms with Crippen molar-refractivity contribution in [1.82, 2.24) is 10.2 Å². The molecular weight excluding hydrogens is 336 g/mol. The van der Waals surface area contributed by atoms with Crippen LogP contribution in [0.4, 0.5) is 4.79 Å². The van der Waals surface area contributed by atoms with Gasteiger partial charge in [0.15, 0.2) is 11.5 Å². The summed E-state index contributed by atoms with van der Waals surface area (Å²) >= 11 is 6.02. The molecule has 24 heavy (non-hydrogen) atoms. The second-order valence-electron chi connectivity index (χ2n) is 5.17. The fraction of sp³-hybridized carbons (Fsp3) is 0.375. The van der Waals surface area contributed by atoms with Crippen LogP contribution in [0.3, 0.4) is 0 Å². The molecule has 0 radical (unpaired) electrons. The van der Waals surface area contributed by atoms with Gasteiger partial charge in [0.1, 0.15) is 0 Å². The molecule has 1 atom stereocenters. The Hall–Kier alpha value is -2.41. The van der Waals surface area contributed by atoms with Crippen LogP contribution >= 0.6 is 11.6 Å². The third kappa shape index (κ3) is 2.99. The minimum Gasteiger partial charge on any atom is -0.503 e. The van der Waals surface area contributed by atoms with Crippen molar-refractivity contribution in [2.24, 2.45) is 0 Å². The molecule has 0 saturated carbocycles. The van der Waals surface area contributed by atoms with E-state index >= 15 is 0 Å². The van der Waals surface area contributed by atoms with Crippen molar-refractivity contribution < 1.29 is 24.2 Å². The van der Waals surface area contributed by atoms with Gasteiger partial charge in [-0.3, -0.25) is 4.90 Å². The Kier molecular flexibility index (Phi) is 5.23. The summed E-state index contributed by atoms with van der Waals surface area (Å²) in [6.07, 6.45) is 0. The van der Waals surface area contributed by atoms with Gasteiger partial charge < -0.3 is 19.9 Å². The van der Waals surface area contributed by atoms with Gasteiger partial charge in [-0.1, -0.05) is 11.6 Å². The Morgan fingerprint density at radius 2 is 2.08 bits per heavy atom. The molecule has 1 heterocycles. The van der Waals surface area contributed by atoms with Crippen LogP contribution in [0.5, 0.6) is 11.5 Å². The third-order valence-electron chi connectivity index (χ3n) is 3.92. The largest absolute Gasteiger partial charge is 0.503 e. The molecule has 2 rings (SSSR count). The number of benzene rings is 1. The number of rotatable bonds is 4. The lowest BCUT2D eigenvalue weighted by Crippen LogP contribution is -2.47. The van der Waals surface area contributed by atoms with Crippen LogP contribution < -0.4 is 10.1 Å². The number of halogens is 1. The predicted molar refractivity (Wildman–Crippen MR) is 88.0 cm³/mol. The molecular formula is C16H19ClN2O5. The summed E-state index contributed by atoms with van der Waals surface area (Å²) < 4.78 is 9.95. The Morgan fingerprint density at radius 3 is 2.62 bits per heavy atom. The van der Waals surface area contributed by atoms with Gasteiger partial charge in [-0.05, 0) is 31.5 Å². The standard InChI is InChI=1S/C16H19ClN2O5/c1-5-19-8(2)12(15(21)24-4)13(18-16(19)22)9-6-10(17)14(20)11(7-9)23-3/h6-7,13,20H,5H2,1-4H3,(H,18,22)/t13-/m0/s1. The maximum Gasteiger partial charge on any atom is 0.337 e. The van der Waals surface area contributed by atoms with Crippen molar-refractivity contribution in [2.45, 2.75) is 19.9 Å². The molecule has 0 bridgehead atoms. The molecule has 130 valence electrons. The number of carbonyl (C=O) groups excluding carboxylic acids is 2. The van der Waals surface area contributed by atoms with E-state index in [1.165, 1.54) is 31.3 Å². The number of hydrogen-bond acceptors (Lipinski definition) is 5. The fourth-order valence-corrected chi connectivity index (χ4v) is 2.92. The molecule has 0 fully saturated rings. The van der Waals surface area contributed by atoms with Crippen molar-refractivity contribution in [1.29, 1.82) is 0 Å². The van der Waals surface area contributed by atoms with Gasteiger partial charge in [-0.25, -0.2) is 9.59 Å². The number of ether oxygens (including phenoxy) is 2. The van der Waals surface area contributed by atoms with E-state index in [0.29, 0.717) is 23.4 Å². The minimum atomic E-state index is -0.764. The Morgan fingerprint density at radius 1 is 1.42 bits per heavy atom. The number of allylic oxidation sites excluding steroid dienone is 1. The van der Waals surface area contributed by atoms with Crippen LogP contribution in [0.1, 0.15) is 25.5 Å². The van der Waals surface area contributed by atoms with Gasteiger partial charge in [0.25, 0.3) is 0 Å². The van der Waals surface area contributed by atoms with E-state index in [0.717, 1.165) is 0 Å². The van der Waals surface area contributed by atoms with E-state index < -0.39 is 12.0 Å². The Labute approximate surface area is 144 Å². The van der Waals surface area contributed by atoms with E-state index in [1.807, 2.05) is 0 Å². The van der Waals surface area contributed by atoms with Gasteiger partial charge >= 0.3 is 12.0 Å². The minimum absolute atomic E-state index is 0.0541. The summed E-state index contributed by atoms with van der Waals surface area (Å²) in [6, 6.07) is 1.89. The number of nitrogens with zero attached hydrogens (tertiary/aromatic N) is 1. The van der Waals surface area contributed by atoms with Gasteiger partial charge in [-0.15, -0.1) is 0 Å². The molecule has 0 unspecified atom stereocenters. The summed E-state index contributed by atoms with van der Waals surface area (Å²) in [4.78, 5) is 26.0. The lowest BCUT2D eigenvalue weighted by atomic mass is 9.94. The van der Waals surface area contributed by atoms with Crippen LogP contribution in [0.15, 0.2) is 23.4 Å². The van der Waals surface area contributed by atoms with E-state index in [9.17, 15) is 14.7 Å². The first-order valence-corrected chi connectivity index (χ1v) is 7.66. The number of methoxy groups -OCH3 is 2. The lowest BCUT2D eigenvalue weighted by Gasteiger charge is -2.34. The molecule has 0 spiro atoms. The van der Waals surface area contributed by atoms with E-state index in [-0.39, 0.29) is 22.6 Å². The molecule has 1 aromatic rings. The van der Waals surface area contributed by atoms with Crippen LogP contribution in [-0.4, -0.2) is 42.8 Å². The highest BCUT2D eigenvalue weighted by atomic mass is 35.5. The number of amides is 2. The second-order valence-corrected chi connectivity index (χ2v) is 5.58. The lowest BCUT2D eigenvalue weighted by molar-refractivity contribution is -0.136. The zero-order chi connectivity index (χ0) is 18.0. The number of esters is 1. The average Bonchev–Trinajstić information content (AvgIpc) is 2.56. The fourth-order valence-electron chi connectivity index (χ4n) is 2.70. The van der Waals surface area contributed by atoms with Gasteiger partial charge in [0.05, 0.1) is 30.9 Å². The molecule has 8 heteroatoms. The monoisotopic (exact) mass is 354 g/mol. The number of urea groups is 1. The summed E-state index contributed by atoms with van der Waals surface area (Å²) in [5.74, 6) is -0.619. The topological polar surface area (TPSA) is 88.1 Å². The molecule has 0 aliphatic carbocycles. The molecule has 2 amide bonds. The van der Waals surface area contributed by atoms with Gasteiger partial charge in [-0.2, -0.15) is 0 Å². The zero-order valence-corrected chi connectivity index (χ0v) is 14.6. The predicted octanol–water partition coefficient (Wildman–Crippen LogP) is 2.59. The molecule has 2 N–H and O–H groups in total. The summed E-state index contributed by atoms with van der Waals surface area (Å²) in [5.41, 5.74) is 1.29. The second kappa shape index (κ2) is 7.00. The summed E-state index contributed by atoms with van der Waals surface area (Å²) in [6.45, 7) is 3.89. The first kappa shape index (κ1) is 17.9. The maximum absolute atomic E-state index is 12.3. The highest BCUT2D eigenvalue weighted by molar-refractivity contribution is 6.32. The summed E-state index contributed by atoms with van der Waals surface area (Å²) in [5, 5.41) is 12.7. The number of hydrogen-bond donors (Lipinski definition) is 2. The number of carbonyl (C=O) groups is 2. The van der Waals surface area contributed by atoms with Crippen molar-refractivity contribution in [3.63, 3.8) is 0 Å². The van der Waals surface area contributed by atoms with Gasteiger partial charge in [0.2, 0.25) is 0 Å². The zero-order valence-electron chi connectivity index (χ0n) is 13.8. The molecule has 7 nitrogen and oxygen atoms in total. The van der Waals surface area contributed by atoms with Crippen LogP contribution in [0.2, 0.25) is 5.02 Å². The van der Waals surface area contributed by atoms with Crippen molar-refractivity contribution in [2.75, 3.05) is 20.8 Å². The van der Waals surface area contributed by atoms with E-state index in [2.05, 4.69) is 5.32 Å². The smallest absolute Gasteiger partial charge is 0.337 e. The third-order valence-corrected chi connectivity index (χ3v) is 4.21. The van der Waals surface area contributed by atoms with Crippen LogP contribution in [0.25, 0.3) is 0 Å². The number of nitrogens with one attached hydrogen (secondary N) is 1. The van der Waals surface area contributed by atoms with Crippen molar-refractivity contribution >= 4 is 23.6 Å². The SMILES string of the molecule is CCN1C(=O)N[C@@H](c2cc(Cl)c(O)c(OC)c2)C(C(=O)OC)=C1C. The van der Waals surface area contributed by atoms with E-state index in [1.54, 1.807) is 13.8 Å². The highest BCUT2D eigenvalue weighted by Gasteiger charge is 2.36.